The van der Waals surface area contributed by atoms with E-state index in [1.807, 2.05) is 38.4 Å². The fraction of sp³-hybridized carbons (Fsp3) is 0.371. The number of methoxy groups -OCH3 is 1. The zero-order valence-corrected chi connectivity index (χ0v) is 27.3. The molecule has 1 aromatic heterocycles. The lowest BCUT2D eigenvalue weighted by molar-refractivity contribution is -0.137. The van der Waals surface area contributed by atoms with Crippen LogP contribution in [0.15, 0.2) is 77.9 Å². The molecule has 1 heterocycles. The van der Waals surface area contributed by atoms with E-state index in [1.165, 1.54) is 7.11 Å². The third-order valence-corrected chi connectivity index (χ3v) is 9.84. The molecule has 46 heavy (non-hydrogen) atoms. The fourth-order valence-corrected chi connectivity index (χ4v) is 7.33. The topological polar surface area (TPSA) is 59.4 Å². The van der Waals surface area contributed by atoms with Gasteiger partial charge in [-0.2, -0.15) is 13.2 Å². The van der Waals surface area contributed by atoms with E-state index < -0.39 is 35.3 Å². The summed E-state index contributed by atoms with van der Waals surface area (Å²) in [6.45, 7) is 8.25. The van der Waals surface area contributed by atoms with Gasteiger partial charge in [0.25, 0.3) is 0 Å². The maximum atomic E-state index is 14.6. The first-order valence-electron chi connectivity index (χ1n) is 15.2. The van der Waals surface area contributed by atoms with E-state index in [-0.39, 0.29) is 17.5 Å². The molecule has 0 saturated heterocycles. The molecule has 5 rings (SSSR count). The molecule has 1 N–H and O–H groups in total. The predicted octanol–water partition coefficient (Wildman–Crippen LogP) is 8.98. The van der Waals surface area contributed by atoms with Gasteiger partial charge in [-0.25, -0.2) is 9.37 Å². The number of fused-ring (bicyclic) bond motifs is 1. The van der Waals surface area contributed by atoms with Crippen molar-refractivity contribution in [1.82, 2.24) is 9.55 Å². The molecule has 0 bridgehead atoms. The molecule has 0 aliphatic heterocycles. The van der Waals surface area contributed by atoms with E-state index in [0.717, 1.165) is 58.0 Å². The summed E-state index contributed by atoms with van der Waals surface area (Å²) in [5.74, 6) is -1.18. The Morgan fingerprint density at radius 1 is 1.13 bits per heavy atom. The lowest BCUT2D eigenvalue weighted by Gasteiger charge is -2.41. The first-order valence-corrected chi connectivity index (χ1v) is 15.9. The van der Waals surface area contributed by atoms with Crippen molar-refractivity contribution in [3.63, 3.8) is 0 Å². The third-order valence-electron chi connectivity index (χ3n) is 8.89. The van der Waals surface area contributed by atoms with Crippen molar-refractivity contribution >= 4 is 40.3 Å². The van der Waals surface area contributed by atoms with Crippen LogP contribution in [0, 0.1) is 23.6 Å². The average molecular weight is 655 g/mol. The molecule has 1 amide bonds. The lowest BCUT2D eigenvalue weighted by Crippen LogP contribution is -2.39. The van der Waals surface area contributed by atoms with Crippen LogP contribution in [-0.2, 0) is 29.2 Å². The number of benzene rings is 3. The monoisotopic (exact) mass is 654 g/mol. The highest BCUT2D eigenvalue weighted by Gasteiger charge is 2.43. The highest BCUT2D eigenvalue weighted by atomic mass is 32.2. The summed E-state index contributed by atoms with van der Waals surface area (Å²) in [6, 6.07) is 16.5. The van der Waals surface area contributed by atoms with Gasteiger partial charge in [-0.1, -0.05) is 32.6 Å². The summed E-state index contributed by atoms with van der Waals surface area (Å²) >= 11 is 1.60. The molecular formula is C35H38F4N4O2S. The number of carbonyl (C=O) groups excluding carboxylic acids is 1. The Balaban J connectivity index is 1.34. The Morgan fingerprint density at radius 2 is 1.85 bits per heavy atom. The van der Waals surface area contributed by atoms with Crippen LogP contribution in [0.3, 0.4) is 0 Å². The summed E-state index contributed by atoms with van der Waals surface area (Å²) in [5.41, 5.74) is 2.64. The van der Waals surface area contributed by atoms with Crippen LogP contribution >= 0.6 is 11.9 Å². The Morgan fingerprint density at radius 3 is 2.48 bits per heavy atom. The molecular weight excluding hydrogens is 616 g/mol. The minimum atomic E-state index is -4.69. The number of aryl methyl sites for hydroxylation is 2. The molecule has 6 nitrogen and oxygen atoms in total. The van der Waals surface area contributed by atoms with E-state index >= 15 is 0 Å². The number of nitrogens with one attached hydrogen (secondary N) is 1. The fourth-order valence-electron chi connectivity index (χ4n) is 6.50. The quantitative estimate of drug-likeness (QED) is 0.111. The Kier molecular flexibility index (Phi) is 9.72. The number of aromatic nitrogens is 2. The molecule has 244 valence electrons. The van der Waals surface area contributed by atoms with Gasteiger partial charge in [-0.05, 0) is 90.7 Å². The highest BCUT2D eigenvalue weighted by Crippen LogP contribution is 2.48. The van der Waals surface area contributed by atoms with Crippen LogP contribution in [0.4, 0.5) is 28.9 Å². The van der Waals surface area contributed by atoms with Crippen molar-refractivity contribution in [2.24, 2.45) is 24.8 Å². The molecule has 11 heteroatoms. The largest absolute Gasteiger partial charge is 0.501 e. The number of rotatable bonds is 9. The van der Waals surface area contributed by atoms with E-state index in [1.54, 1.807) is 11.9 Å². The van der Waals surface area contributed by atoms with Crippen LogP contribution in [0.1, 0.15) is 49.6 Å². The molecule has 0 spiro atoms. The van der Waals surface area contributed by atoms with Crippen molar-refractivity contribution < 1.29 is 27.1 Å². The van der Waals surface area contributed by atoms with E-state index in [9.17, 15) is 22.4 Å². The number of ether oxygens (including phenoxy) is 1. The number of allylic oxidation sites excluding steroid dienone is 1. The van der Waals surface area contributed by atoms with Crippen LogP contribution in [-0.4, -0.2) is 29.6 Å². The molecule has 2 unspecified atom stereocenters. The zero-order chi connectivity index (χ0) is 33.3. The molecule has 1 aliphatic carbocycles. The second kappa shape index (κ2) is 13.4. The minimum absolute atomic E-state index is 0.115. The molecule has 3 aromatic carbocycles. The Bertz CT molecular complexity index is 1740. The number of hydrogen-bond acceptors (Lipinski definition) is 5. The summed E-state index contributed by atoms with van der Waals surface area (Å²) in [6.07, 6.45) is -2.55. The first kappa shape index (κ1) is 33.4. The van der Waals surface area contributed by atoms with Crippen molar-refractivity contribution in [3.8, 4) is 0 Å². The summed E-state index contributed by atoms with van der Waals surface area (Å²) < 4.78 is 63.5. The van der Waals surface area contributed by atoms with E-state index in [4.69, 9.17) is 9.72 Å². The summed E-state index contributed by atoms with van der Waals surface area (Å²) in [5, 5.41) is 2.53. The molecule has 1 saturated carbocycles. The summed E-state index contributed by atoms with van der Waals surface area (Å²) in [4.78, 5) is 19.4. The normalized spacial score (nSPS) is 20.0. The number of halogens is 4. The standard InChI is InChI=1S/C35H38F4N4O2S/c1-7-32-40-30-19-25(13-15-31(30)42(32)4)46-43(5)24-11-8-22(9-12-24)26-16-20(2)17-27(33(26)21(3)45-6)34(44)41-29-14-10-23(18-28(29)36)35(37,38)39/h8-15,18-20,26-27,33H,3,7,16-17H2,1-2,4-6H3,(H,41,44)/t20-,26?,27?,33+/m0/s1. The van der Waals surface area contributed by atoms with Crippen molar-refractivity contribution in [3.05, 3.63) is 95.8 Å². The van der Waals surface area contributed by atoms with Crippen LogP contribution in [0.5, 0.6) is 0 Å². The third kappa shape index (κ3) is 6.89. The molecule has 4 atom stereocenters. The Hall–Kier alpha value is -3.99. The van der Waals surface area contributed by atoms with Crippen LogP contribution < -0.4 is 9.62 Å². The van der Waals surface area contributed by atoms with E-state index in [0.29, 0.717) is 18.2 Å². The Labute approximate surface area is 271 Å². The van der Waals surface area contributed by atoms with Crippen LogP contribution in [0.2, 0.25) is 0 Å². The number of carbonyl (C=O) groups is 1. The maximum absolute atomic E-state index is 14.6. The zero-order valence-electron chi connectivity index (χ0n) is 26.5. The van der Waals surface area contributed by atoms with Crippen molar-refractivity contribution in [2.75, 3.05) is 23.8 Å². The van der Waals surface area contributed by atoms with Gasteiger partial charge in [0.1, 0.15) is 11.6 Å². The molecule has 1 fully saturated rings. The van der Waals surface area contributed by atoms with Gasteiger partial charge in [0.05, 0.1) is 35.2 Å². The van der Waals surface area contributed by atoms with Crippen molar-refractivity contribution in [2.45, 2.75) is 50.1 Å². The predicted molar refractivity (Wildman–Crippen MR) is 175 cm³/mol. The van der Waals surface area contributed by atoms with Gasteiger partial charge in [0.2, 0.25) is 5.91 Å². The molecule has 1 aliphatic rings. The van der Waals surface area contributed by atoms with E-state index in [2.05, 4.69) is 52.8 Å². The average Bonchev–Trinajstić information content (AvgIpc) is 3.35. The van der Waals surface area contributed by atoms with Gasteiger partial charge < -0.3 is 18.9 Å². The second-order valence-electron chi connectivity index (χ2n) is 11.9. The number of imidazole rings is 1. The van der Waals surface area contributed by atoms with Crippen LogP contribution in [0.25, 0.3) is 11.0 Å². The van der Waals surface area contributed by atoms with Gasteiger partial charge in [0.15, 0.2) is 0 Å². The van der Waals surface area contributed by atoms with Gasteiger partial charge >= 0.3 is 6.18 Å². The molecule has 0 radical (unpaired) electrons. The van der Waals surface area contributed by atoms with Crippen molar-refractivity contribution in [1.29, 1.82) is 0 Å². The highest BCUT2D eigenvalue weighted by molar-refractivity contribution is 8.00. The number of hydrogen-bond donors (Lipinski definition) is 1. The smallest absolute Gasteiger partial charge is 0.416 e. The van der Waals surface area contributed by atoms with Gasteiger partial charge in [-0.3, -0.25) is 4.79 Å². The number of anilines is 2. The lowest BCUT2D eigenvalue weighted by atomic mass is 9.65. The van der Waals surface area contributed by atoms with Gasteiger partial charge in [-0.15, -0.1) is 0 Å². The minimum Gasteiger partial charge on any atom is -0.501 e. The SMILES string of the molecule is C=C(OC)[C@H]1C(C(=O)Nc2ccc(C(F)(F)F)cc2F)C[C@@H](C)CC1c1ccc(N(C)Sc2ccc3c(c2)nc(CC)n3C)cc1. The summed E-state index contributed by atoms with van der Waals surface area (Å²) in [7, 11) is 5.53. The molecule has 4 aromatic rings. The first-order chi connectivity index (χ1) is 21.8. The second-order valence-corrected chi connectivity index (χ2v) is 13.1. The maximum Gasteiger partial charge on any atom is 0.416 e. The number of alkyl halides is 3. The number of nitrogens with zero attached hydrogens (tertiary/aromatic N) is 3. The number of amides is 1. The van der Waals surface area contributed by atoms with Gasteiger partial charge in [0, 0.05) is 42.9 Å².